The maximum absolute atomic E-state index is 5.56. The lowest BCUT2D eigenvalue weighted by Crippen LogP contribution is -2.10. The minimum absolute atomic E-state index is 0.139. The molecule has 0 aromatic carbocycles. The zero-order valence-corrected chi connectivity index (χ0v) is 13.9. The Morgan fingerprint density at radius 3 is 2.38 bits per heavy atom. The SMILES string of the molecule is CCCCCCCCCCNc1nccc(OC(C)C)n1. The van der Waals surface area contributed by atoms with Crippen molar-refractivity contribution in [2.24, 2.45) is 0 Å². The highest BCUT2D eigenvalue weighted by Gasteiger charge is 2.01. The smallest absolute Gasteiger partial charge is 0.225 e. The molecule has 4 heteroatoms. The number of ether oxygens (including phenoxy) is 1. The lowest BCUT2D eigenvalue weighted by molar-refractivity contribution is 0.232. The van der Waals surface area contributed by atoms with E-state index in [1.54, 1.807) is 12.3 Å². The number of hydrogen-bond acceptors (Lipinski definition) is 4. The second-order valence-electron chi connectivity index (χ2n) is 5.79. The minimum Gasteiger partial charge on any atom is -0.475 e. The van der Waals surface area contributed by atoms with Gasteiger partial charge in [0.2, 0.25) is 11.8 Å². The van der Waals surface area contributed by atoms with E-state index in [4.69, 9.17) is 4.74 Å². The Balaban J connectivity index is 2.07. The molecule has 0 aliphatic rings. The Kier molecular flexibility index (Phi) is 9.58. The maximum Gasteiger partial charge on any atom is 0.225 e. The van der Waals surface area contributed by atoms with E-state index in [0.29, 0.717) is 11.8 Å². The van der Waals surface area contributed by atoms with Crippen LogP contribution in [0.4, 0.5) is 5.95 Å². The monoisotopic (exact) mass is 293 g/mol. The van der Waals surface area contributed by atoms with Gasteiger partial charge >= 0.3 is 0 Å². The first-order chi connectivity index (χ1) is 10.2. The molecule has 0 aliphatic carbocycles. The molecule has 0 unspecified atom stereocenters. The fourth-order valence-corrected chi connectivity index (χ4v) is 2.19. The van der Waals surface area contributed by atoms with Gasteiger partial charge < -0.3 is 10.1 Å². The van der Waals surface area contributed by atoms with E-state index in [0.717, 1.165) is 6.54 Å². The van der Waals surface area contributed by atoms with E-state index in [-0.39, 0.29) is 6.10 Å². The van der Waals surface area contributed by atoms with Crippen LogP contribution in [0, 0.1) is 0 Å². The highest BCUT2D eigenvalue weighted by molar-refractivity contribution is 5.27. The summed E-state index contributed by atoms with van der Waals surface area (Å²) in [4.78, 5) is 8.55. The first-order valence-corrected chi connectivity index (χ1v) is 8.46. The Hall–Kier alpha value is -1.32. The van der Waals surface area contributed by atoms with Crippen LogP contribution in [0.15, 0.2) is 12.3 Å². The number of unbranched alkanes of at least 4 members (excludes halogenated alkanes) is 7. The quantitative estimate of drug-likeness (QED) is 0.561. The molecule has 0 saturated heterocycles. The van der Waals surface area contributed by atoms with Crippen molar-refractivity contribution in [2.45, 2.75) is 78.2 Å². The van der Waals surface area contributed by atoms with Gasteiger partial charge in [-0.15, -0.1) is 0 Å². The molecule has 1 aromatic rings. The lowest BCUT2D eigenvalue weighted by Gasteiger charge is -2.10. The molecule has 0 atom stereocenters. The molecular formula is C17H31N3O. The van der Waals surface area contributed by atoms with Crippen LogP contribution in [0.2, 0.25) is 0 Å². The van der Waals surface area contributed by atoms with E-state index >= 15 is 0 Å². The van der Waals surface area contributed by atoms with Crippen LogP contribution in [0.1, 0.15) is 72.1 Å². The van der Waals surface area contributed by atoms with Crippen LogP contribution in [0.5, 0.6) is 5.88 Å². The van der Waals surface area contributed by atoms with Gasteiger partial charge in [0, 0.05) is 18.8 Å². The summed E-state index contributed by atoms with van der Waals surface area (Å²) in [5.74, 6) is 1.30. The Bertz CT molecular complexity index is 369. The number of anilines is 1. The molecule has 1 heterocycles. The molecule has 21 heavy (non-hydrogen) atoms. The van der Waals surface area contributed by atoms with Gasteiger partial charge in [0.25, 0.3) is 0 Å². The number of nitrogens with one attached hydrogen (secondary N) is 1. The second kappa shape index (κ2) is 11.4. The van der Waals surface area contributed by atoms with Gasteiger partial charge in [-0.2, -0.15) is 4.98 Å². The third-order valence-corrected chi connectivity index (χ3v) is 3.30. The van der Waals surface area contributed by atoms with Crippen molar-refractivity contribution in [3.63, 3.8) is 0 Å². The van der Waals surface area contributed by atoms with Crippen molar-refractivity contribution in [2.75, 3.05) is 11.9 Å². The van der Waals surface area contributed by atoms with Crippen LogP contribution in [0.3, 0.4) is 0 Å². The van der Waals surface area contributed by atoms with Gasteiger partial charge in [-0.05, 0) is 20.3 Å². The third-order valence-electron chi connectivity index (χ3n) is 3.30. The van der Waals surface area contributed by atoms with Gasteiger partial charge in [0.05, 0.1) is 6.10 Å². The standard InChI is InChI=1S/C17H31N3O/c1-4-5-6-7-8-9-10-11-13-18-17-19-14-12-16(20-17)21-15(2)3/h12,14-15H,4-11,13H2,1-3H3,(H,18,19,20). The molecule has 120 valence electrons. The van der Waals surface area contributed by atoms with Crippen molar-refractivity contribution in [3.8, 4) is 5.88 Å². The number of nitrogens with zero attached hydrogens (tertiary/aromatic N) is 2. The van der Waals surface area contributed by atoms with Crippen LogP contribution in [-0.2, 0) is 0 Å². The highest BCUT2D eigenvalue weighted by Crippen LogP contribution is 2.11. The van der Waals surface area contributed by atoms with Crippen molar-refractivity contribution < 1.29 is 4.74 Å². The zero-order valence-electron chi connectivity index (χ0n) is 13.9. The summed E-state index contributed by atoms with van der Waals surface area (Å²) in [6.07, 6.45) is 12.5. The van der Waals surface area contributed by atoms with Crippen LogP contribution in [-0.4, -0.2) is 22.6 Å². The van der Waals surface area contributed by atoms with Crippen LogP contribution in [0.25, 0.3) is 0 Å². The van der Waals surface area contributed by atoms with E-state index < -0.39 is 0 Å². The summed E-state index contributed by atoms with van der Waals surface area (Å²) >= 11 is 0. The van der Waals surface area contributed by atoms with Gasteiger partial charge in [-0.3, -0.25) is 0 Å². The topological polar surface area (TPSA) is 47.0 Å². The molecular weight excluding hydrogens is 262 g/mol. The Morgan fingerprint density at radius 2 is 1.71 bits per heavy atom. The zero-order chi connectivity index (χ0) is 15.3. The summed E-state index contributed by atoms with van der Waals surface area (Å²) in [5, 5.41) is 3.27. The van der Waals surface area contributed by atoms with E-state index in [2.05, 4.69) is 22.2 Å². The van der Waals surface area contributed by atoms with E-state index in [1.165, 1.54) is 51.4 Å². The molecule has 0 bridgehead atoms. The molecule has 0 aliphatic heterocycles. The maximum atomic E-state index is 5.56. The molecule has 0 amide bonds. The molecule has 1 aromatic heterocycles. The first kappa shape index (κ1) is 17.7. The second-order valence-corrected chi connectivity index (χ2v) is 5.79. The minimum atomic E-state index is 0.139. The van der Waals surface area contributed by atoms with Gasteiger partial charge in [0.1, 0.15) is 0 Å². The number of rotatable bonds is 12. The lowest BCUT2D eigenvalue weighted by atomic mass is 10.1. The van der Waals surface area contributed by atoms with Crippen LogP contribution < -0.4 is 10.1 Å². The predicted octanol–water partition coefficient (Wildman–Crippen LogP) is 4.82. The highest BCUT2D eigenvalue weighted by atomic mass is 16.5. The van der Waals surface area contributed by atoms with Crippen molar-refractivity contribution in [1.82, 2.24) is 9.97 Å². The Labute approximate surface area is 129 Å². The van der Waals surface area contributed by atoms with E-state index in [1.807, 2.05) is 13.8 Å². The Morgan fingerprint density at radius 1 is 1.05 bits per heavy atom. The van der Waals surface area contributed by atoms with Crippen molar-refractivity contribution >= 4 is 5.95 Å². The van der Waals surface area contributed by atoms with Gasteiger partial charge in [0.15, 0.2) is 0 Å². The molecule has 0 saturated carbocycles. The molecule has 1 rings (SSSR count). The molecule has 0 spiro atoms. The third kappa shape index (κ3) is 9.27. The molecule has 0 radical (unpaired) electrons. The first-order valence-electron chi connectivity index (χ1n) is 8.46. The average molecular weight is 293 g/mol. The summed E-state index contributed by atoms with van der Waals surface area (Å²) in [6, 6.07) is 1.79. The normalized spacial score (nSPS) is 10.9. The van der Waals surface area contributed by atoms with Crippen molar-refractivity contribution in [3.05, 3.63) is 12.3 Å². The summed E-state index contributed by atoms with van der Waals surface area (Å²) in [7, 11) is 0. The fourth-order valence-electron chi connectivity index (χ4n) is 2.19. The number of hydrogen-bond donors (Lipinski definition) is 1. The summed E-state index contributed by atoms with van der Waals surface area (Å²) < 4.78 is 5.56. The summed E-state index contributed by atoms with van der Waals surface area (Å²) in [6.45, 7) is 7.18. The largest absolute Gasteiger partial charge is 0.475 e. The van der Waals surface area contributed by atoms with E-state index in [9.17, 15) is 0 Å². The molecule has 0 fully saturated rings. The number of aromatic nitrogens is 2. The van der Waals surface area contributed by atoms with Crippen LogP contribution >= 0.6 is 0 Å². The van der Waals surface area contributed by atoms with Crippen molar-refractivity contribution in [1.29, 1.82) is 0 Å². The fraction of sp³-hybridized carbons (Fsp3) is 0.765. The van der Waals surface area contributed by atoms with Gasteiger partial charge in [-0.1, -0.05) is 51.9 Å². The summed E-state index contributed by atoms with van der Waals surface area (Å²) in [5.41, 5.74) is 0. The predicted molar refractivity (Wildman–Crippen MR) is 88.9 cm³/mol. The molecule has 4 nitrogen and oxygen atoms in total. The van der Waals surface area contributed by atoms with Gasteiger partial charge in [-0.25, -0.2) is 4.98 Å². The molecule has 1 N–H and O–H groups in total. The average Bonchev–Trinajstić information content (AvgIpc) is 2.45.